The summed E-state index contributed by atoms with van der Waals surface area (Å²) in [6.45, 7) is 7.74. The minimum absolute atomic E-state index is 0.00494. The van der Waals surface area contributed by atoms with Gasteiger partial charge in [0.05, 0.1) is 11.7 Å². The van der Waals surface area contributed by atoms with Crippen molar-refractivity contribution in [2.45, 2.75) is 46.6 Å². The molecule has 1 aliphatic rings. The Morgan fingerprint density at radius 1 is 0.889 bits per heavy atom. The normalized spacial score (nSPS) is 15.5. The molecule has 0 spiro atoms. The number of aryl methyl sites for hydroxylation is 1. The Kier molecular flexibility index (Phi) is 5.45. The largest absolute Gasteiger partial charge is 0.345 e. The maximum Gasteiger partial charge on any atom is 0.224 e. The van der Waals surface area contributed by atoms with E-state index in [2.05, 4.69) is 35.8 Å². The molecular weight excluding hydrogens is 336 g/mol. The predicted molar refractivity (Wildman–Crippen MR) is 109 cm³/mol. The number of hydrogen-bond acceptors (Lipinski definition) is 2. The number of nitrogens with one attached hydrogen (secondary N) is 2. The Morgan fingerprint density at radius 2 is 1.56 bits per heavy atom. The van der Waals surface area contributed by atoms with E-state index in [1.54, 1.807) is 0 Å². The summed E-state index contributed by atoms with van der Waals surface area (Å²) < 4.78 is 0. The van der Waals surface area contributed by atoms with Crippen LogP contribution in [0.3, 0.4) is 0 Å². The second kappa shape index (κ2) is 7.78. The minimum atomic E-state index is -0.219. The molecule has 1 unspecified atom stereocenters. The molecule has 2 N–H and O–H groups in total. The molecule has 2 aromatic carbocycles. The van der Waals surface area contributed by atoms with Crippen LogP contribution < -0.4 is 10.6 Å². The molecule has 0 saturated heterocycles. The van der Waals surface area contributed by atoms with Crippen LogP contribution in [-0.4, -0.2) is 11.8 Å². The van der Waals surface area contributed by atoms with Crippen LogP contribution in [0.2, 0.25) is 0 Å². The van der Waals surface area contributed by atoms with Gasteiger partial charge in [0.1, 0.15) is 0 Å². The first-order valence-electron chi connectivity index (χ1n) is 9.47. The van der Waals surface area contributed by atoms with Gasteiger partial charge in [-0.05, 0) is 41.7 Å². The topological polar surface area (TPSA) is 58.2 Å². The Balaban J connectivity index is 2.20. The number of amides is 2. The molecule has 0 heterocycles. The Morgan fingerprint density at radius 3 is 2.22 bits per heavy atom. The van der Waals surface area contributed by atoms with E-state index in [4.69, 9.17) is 0 Å². The molecule has 0 saturated carbocycles. The van der Waals surface area contributed by atoms with E-state index in [1.807, 2.05) is 45.0 Å². The van der Waals surface area contributed by atoms with Crippen molar-refractivity contribution >= 4 is 17.5 Å². The van der Waals surface area contributed by atoms with Gasteiger partial charge in [-0.3, -0.25) is 9.59 Å². The van der Waals surface area contributed by atoms with Gasteiger partial charge in [0.2, 0.25) is 11.8 Å². The Labute approximate surface area is 160 Å². The zero-order valence-corrected chi connectivity index (χ0v) is 16.3. The van der Waals surface area contributed by atoms with Crippen LogP contribution in [0.15, 0.2) is 48.0 Å². The van der Waals surface area contributed by atoms with Gasteiger partial charge in [-0.2, -0.15) is 0 Å². The number of carbonyl (C=O) groups is 2. The molecule has 4 heteroatoms. The molecule has 4 nitrogen and oxygen atoms in total. The summed E-state index contributed by atoms with van der Waals surface area (Å²) in [7, 11) is 0. The van der Waals surface area contributed by atoms with Gasteiger partial charge in [-0.25, -0.2) is 0 Å². The fraction of sp³-hybridized carbons (Fsp3) is 0.304. The molecule has 0 radical (unpaired) electrons. The second-order valence-corrected chi connectivity index (χ2v) is 6.90. The van der Waals surface area contributed by atoms with E-state index >= 15 is 0 Å². The molecule has 2 aromatic rings. The molecule has 0 bridgehead atoms. The Bertz CT molecular complexity index is 928. The molecule has 2 amide bonds. The predicted octanol–water partition coefficient (Wildman–Crippen LogP) is 4.50. The summed E-state index contributed by atoms with van der Waals surface area (Å²) >= 11 is 0. The Hall–Kier alpha value is -2.88. The average Bonchev–Trinajstić information content (AvgIpc) is 2.94. The third kappa shape index (κ3) is 3.52. The van der Waals surface area contributed by atoms with Crippen LogP contribution in [0.1, 0.15) is 56.3 Å². The summed E-state index contributed by atoms with van der Waals surface area (Å²) in [5, 5.41) is 6.18. The molecule has 27 heavy (non-hydrogen) atoms. The van der Waals surface area contributed by atoms with E-state index < -0.39 is 0 Å². The van der Waals surface area contributed by atoms with Gasteiger partial charge >= 0.3 is 0 Å². The standard InChI is InChI=1S/C23H26N2O2/c1-5-19(26)24-22-15(4)23(25-20(27)6-2)21-17(12-9-13-18(21)22)16-11-8-7-10-14(16)3/h7-13,22H,5-6H2,1-4H3,(H,24,26)(H,25,27). The zero-order valence-electron chi connectivity index (χ0n) is 16.3. The van der Waals surface area contributed by atoms with E-state index in [1.165, 1.54) is 5.56 Å². The third-order valence-corrected chi connectivity index (χ3v) is 5.13. The van der Waals surface area contributed by atoms with Gasteiger partial charge in [-0.15, -0.1) is 0 Å². The van der Waals surface area contributed by atoms with Crippen LogP contribution in [0.5, 0.6) is 0 Å². The van der Waals surface area contributed by atoms with Gasteiger partial charge in [0, 0.05) is 18.4 Å². The number of benzene rings is 2. The highest BCUT2D eigenvalue weighted by Crippen LogP contribution is 2.44. The van der Waals surface area contributed by atoms with E-state index in [-0.39, 0.29) is 17.9 Å². The van der Waals surface area contributed by atoms with Crippen molar-refractivity contribution in [3.05, 3.63) is 64.7 Å². The minimum Gasteiger partial charge on any atom is -0.345 e. The van der Waals surface area contributed by atoms with Crippen LogP contribution in [0.4, 0.5) is 0 Å². The lowest BCUT2D eigenvalue weighted by molar-refractivity contribution is -0.121. The molecule has 1 atom stereocenters. The fourth-order valence-electron chi connectivity index (χ4n) is 3.60. The van der Waals surface area contributed by atoms with Gasteiger partial charge in [0.15, 0.2) is 0 Å². The van der Waals surface area contributed by atoms with Gasteiger partial charge in [0.25, 0.3) is 0 Å². The first-order chi connectivity index (χ1) is 13.0. The second-order valence-electron chi connectivity index (χ2n) is 6.90. The maximum absolute atomic E-state index is 12.2. The summed E-state index contributed by atoms with van der Waals surface area (Å²) in [5.74, 6) is -0.0352. The maximum atomic E-state index is 12.2. The van der Waals surface area contributed by atoms with Crippen molar-refractivity contribution in [3.63, 3.8) is 0 Å². The van der Waals surface area contributed by atoms with Crippen LogP contribution in [0.25, 0.3) is 16.8 Å². The number of carbonyl (C=O) groups excluding carboxylic acids is 2. The fourth-order valence-corrected chi connectivity index (χ4v) is 3.60. The van der Waals surface area contributed by atoms with Crippen LogP contribution in [-0.2, 0) is 9.59 Å². The monoisotopic (exact) mass is 362 g/mol. The smallest absolute Gasteiger partial charge is 0.224 e. The molecule has 0 fully saturated rings. The third-order valence-electron chi connectivity index (χ3n) is 5.13. The molecule has 3 rings (SSSR count). The van der Waals surface area contributed by atoms with Crippen molar-refractivity contribution in [1.29, 1.82) is 0 Å². The summed E-state index contributed by atoms with van der Waals surface area (Å²) in [5.41, 5.74) is 7.20. The lowest BCUT2D eigenvalue weighted by atomic mass is 9.92. The zero-order chi connectivity index (χ0) is 19.6. The van der Waals surface area contributed by atoms with Gasteiger partial charge in [-0.1, -0.05) is 56.3 Å². The van der Waals surface area contributed by atoms with Crippen molar-refractivity contribution < 1.29 is 9.59 Å². The molecular formula is C23H26N2O2. The summed E-state index contributed by atoms with van der Waals surface area (Å²) in [6.07, 6.45) is 0.831. The molecule has 0 aromatic heterocycles. The highest BCUT2D eigenvalue weighted by Gasteiger charge is 2.32. The summed E-state index contributed by atoms with van der Waals surface area (Å²) in [4.78, 5) is 24.3. The van der Waals surface area contributed by atoms with Crippen molar-refractivity contribution in [1.82, 2.24) is 10.6 Å². The van der Waals surface area contributed by atoms with E-state index in [0.717, 1.165) is 33.5 Å². The SMILES string of the molecule is CCC(=O)NC1=C(C)C(NC(=O)CC)c2cccc(-c3ccccc3C)c21. The highest BCUT2D eigenvalue weighted by atomic mass is 16.2. The van der Waals surface area contributed by atoms with Crippen molar-refractivity contribution in [2.75, 3.05) is 0 Å². The number of hydrogen-bond donors (Lipinski definition) is 2. The van der Waals surface area contributed by atoms with Crippen molar-refractivity contribution in [2.24, 2.45) is 0 Å². The van der Waals surface area contributed by atoms with Gasteiger partial charge < -0.3 is 10.6 Å². The molecule has 140 valence electrons. The lowest BCUT2D eigenvalue weighted by Gasteiger charge is -2.17. The first-order valence-corrected chi connectivity index (χ1v) is 9.47. The van der Waals surface area contributed by atoms with Crippen LogP contribution in [0, 0.1) is 6.92 Å². The highest BCUT2D eigenvalue weighted by molar-refractivity contribution is 5.96. The quantitative estimate of drug-likeness (QED) is 0.823. The summed E-state index contributed by atoms with van der Waals surface area (Å²) in [6, 6.07) is 14.1. The van der Waals surface area contributed by atoms with E-state index in [0.29, 0.717) is 12.8 Å². The molecule has 0 aliphatic heterocycles. The lowest BCUT2D eigenvalue weighted by Crippen LogP contribution is -2.27. The van der Waals surface area contributed by atoms with Crippen LogP contribution >= 0.6 is 0 Å². The molecule has 1 aliphatic carbocycles. The van der Waals surface area contributed by atoms with E-state index in [9.17, 15) is 9.59 Å². The number of fused-ring (bicyclic) bond motifs is 1. The average molecular weight is 362 g/mol. The number of rotatable bonds is 5. The van der Waals surface area contributed by atoms with Crippen molar-refractivity contribution in [3.8, 4) is 11.1 Å². The first kappa shape index (κ1) is 18.9.